The van der Waals surface area contributed by atoms with Gasteiger partial charge in [0.1, 0.15) is 6.04 Å². The standard InChI is InChI=1S/C24H27N3O4S/c28-24(29)23(27-13-11-26(12-14-27)18-10-15-32(30,31)16-18)21-19-8-4-5-9-20(19)25-22(21)17-6-2-1-3-7-17/h1-9,18,23,25H,10-16H2,(H,28,29)/t18-,23+/m0/s1. The Morgan fingerprint density at radius 3 is 2.34 bits per heavy atom. The van der Waals surface area contributed by atoms with Crippen LogP contribution in [0, 0.1) is 0 Å². The summed E-state index contributed by atoms with van der Waals surface area (Å²) in [6.07, 6.45) is 0.672. The fourth-order valence-corrected chi connectivity index (χ4v) is 6.93. The molecule has 2 N–H and O–H groups in total. The van der Waals surface area contributed by atoms with Crippen molar-refractivity contribution in [1.82, 2.24) is 14.8 Å². The number of carboxylic acids is 1. The van der Waals surface area contributed by atoms with E-state index in [2.05, 4.69) is 9.88 Å². The van der Waals surface area contributed by atoms with Crippen molar-refractivity contribution in [3.05, 3.63) is 60.2 Å². The first-order valence-corrected chi connectivity index (χ1v) is 12.8. The van der Waals surface area contributed by atoms with E-state index in [0.717, 1.165) is 27.7 Å². The fraction of sp³-hybridized carbons (Fsp3) is 0.375. The molecule has 1 aromatic heterocycles. The van der Waals surface area contributed by atoms with Gasteiger partial charge in [-0.1, -0.05) is 48.5 Å². The van der Waals surface area contributed by atoms with E-state index in [-0.39, 0.29) is 17.5 Å². The molecule has 0 amide bonds. The number of piperazine rings is 1. The molecular weight excluding hydrogens is 426 g/mol. The first-order valence-electron chi connectivity index (χ1n) is 11.0. The Balaban J connectivity index is 1.47. The van der Waals surface area contributed by atoms with Crippen LogP contribution in [0.3, 0.4) is 0 Å². The first-order chi connectivity index (χ1) is 15.4. The van der Waals surface area contributed by atoms with Crippen LogP contribution < -0.4 is 0 Å². The maximum atomic E-state index is 12.6. The highest BCUT2D eigenvalue weighted by molar-refractivity contribution is 7.91. The maximum absolute atomic E-state index is 12.6. The van der Waals surface area contributed by atoms with Gasteiger partial charge in [-0.25, -0.2) is 8.42 Å². The largest absolute Gasteiger partial charge is 0.480 e. The Morgan fingerprint density at radius 1 is 1.00 bits per heavy atom. The summed E-state index contributed by atoms with van der Waals surface area (Å²) in [5.74, 6) is -0.398. The van der Waals surface area contributed by atoms with Crippen molar-refractivity contribution in [2.75, 3.05) is 37.7 Å². The molecule has 32 heavy (non-hydrogen) atoms. The van der Waals surface area contributed by atoms with Crippen LogP contribution in [-0.4, -0.2) is 78.0 Å². The average molecular weight is 454 g/mol. The predicted molar refractivity (Wildman–Crippen MR) is 124 cm³/mol. The lowest BCUT2D eigenvalue weighted by atomic mass is 9.97. The van der Waals surface area contributed by atoms with Gasteiger partial charge in [0.05, 0.1) is 17.2 Å². The van der Waals surface area contributed by atoms with Gasteiger partial charge in [0.15, 0.2) is 9.84 Å². The number of H-pyrrole nitrogens is 1. The maximum Gasteiger partial charge on any atom is 0.325 e. The van der Waals surface area contributed by atoms with Crippen LogP contribution in [0.15, 0.2) is 54.6 Å². The zero-order valence-corrected chi connectivity index (χ0v) is 18.6. The quantitative estimate of drug-likeness (QED) is 0.617. The number of aliphatic carboxylic acids is 1. The number of carboxylic acid groups (broad SMARTS) is 1. The van der Waals surface area contributed by atoms with Crippen LogP contribution in [0.5, 0.6) is 0 Å². The third kappa shape index (κ3) is 3.94. The molecule has 0 radical (unpaired) electrons. The highest BCUT2D eigenvalue weighted by Gasteiger charge is 2.38. The summed E-state index contributed by atoms with van der Waals surface area (Å²) in [7, 11) is -2.94. The van der Waals surface area contributed by atoms with E-state index in [1.807, 2.05) is 59.5 Å². The van der Waals surface area contributed by atoms with Crippen LogP contribution >= 0.6 is 0 Å². The summed E-state index contributed by atoms with van der Waals surface area (Å²) in [4.78, 5) is 20.3. The molecule has 7 nitrogen and oxygen atoms in total. The van der Waals surface area contributed by atoms with E-state index in [1.54, 1.807) is 0 Å². The number of para-hydroxylation sites is 1. The Hall–Kier alpha value is -2.68. The zero-order valence-electron chi connectivity index (χ0n) is 17.8. The van der Waals surface area contributed by atoms with Crippen LogP contribution in [0.4, 0.5) is 0 Å². The van der Waals surface area contributed by atoms with Crippen LogP contribution in [-0.2, 0) is 14.6 Å². The molecule has 2 aromatic carbocycles. The number of hydrogen-bond acceptors (Lipinski definition) is 5. The number of rotatable bonds is 5. The fourth-order valence-electron chi connectivity index (χ4n) is 5.17. The number of hydrogen-bond donors (Lipinski definition) is 2. The van der Waals surface area contributed by atoms with Gasteiger partial charge in [-0.15, -0.1) is 0 Å². The van der Waals surface area contributed by atoms with Crippen LogP contribution in [0.2, 0.25) is 0 Å². The summed E-state index contributed by atoms with van der Waals surface area (Å²) < 4.78 is 23.8. The minimum Gasteiger partial charge on any atom is -0.480 e. The second-order valence-corrected chi connectivity index (χ2v) is 10.9. The number of sulfone groups is 1. The molecule has 8 heteroatoms. The lowest BCUT2D eigenvalue weighted by molar-refractivity contribution is -0.144. The third-order valence-corrected chi connectivity index (χ3v) is 8.51. The molecule has 3 heterocycles. The number of carbonyl (C=O) groups is 1. The predicted octanol–water partition coefficient (Wildman–Crippen LogP) is 2.77. The molecule has 2 fully saturated rings. The number of aromatic amines is 1. The lowest BCUT2D eigenvalue weighted by Crippen LogP contribution is -2.52. The van der Waals surface area contributed by atoms with Gasteiger partial charge in [0, 0.05) is 48.7 Å². The topological polar surface area (TPSA) is 93.7 Å². The Morgan fingerprint density at radius 2 is 1.69 bits per heavy atom. The Kier molecular flexibility index (Phi) is 5.53. The Bertz CT molecular complexity index is 1230. The molecule has 0 saturated carbocycles. The van der Waals surface area contributed by atoms with Gasteiger partial charge in [-0.05, 0) is 18.1 Å². The van der Waals surface area contributed by atoms with Crippen molar-refractivity contribution in [1.29, 1.82) is 0 Å². The summed E-state index contributed by atoms with van der Waals surface area (Å²) in [6.45, 7) is 2.52. The van der Waals surface area contributed by atoms with E-state index >= 15 is 0 Å². The summed E-state index contributed by atoms with van der Waals surface area (Å²) in [5.41, 5.74) is 3.50. The summed E-state index contributed by atoms with van der Waals surface area (Å²) in [5, 5.41) is 11.2. The minimum absolute atomic E-state index is 0.0541. The molecule has 0 unspecified atom stereocenters. The second kappa shape index (κ2) is 8.35. The molecule has 2 aliphatic rings. The van der Waals surface area contributed by atoms with Gasteiger partial charge < -0.3 is 10.1 Å². The van der Waals surface area contributed by atoms with Gasteiger partial charge >= 0.3 is 5.97 Å². The van der Waals surface area contributed by atoms with E-state index in [0.29, 0.717) is 32.6 Å². The van der Waals surface area contributed by atoms with Crippen molar-refractivity contribution in [2.45, 2.75) is 18.5 Å². The molecule has 2 atom stereocenters. The zero-order chi connectivity index (χ0) is 22.3. The van der Waals surface area contributed by atoms with Crippen LogP contribution in [0.25, 0.3) is 22.2 Å². The van der Waals surface area contributed by atoms with Crippen molar-refractivity contribution < 1.29 is 18.3 Å². The number of aromatic nitrogens is 1. The number of nitrogens with zero attached hydrogens (tertiary/aromatic N) is 2. The van der Waals surface area contributed by atoms with Gasteiger partial charge in [-0.3, -0.25) is 14.6 Å². The Labute approximate surface area is 187 Å². The average Bonchev–Trinajstić information content (AvgIpc) is 3.35. The molecule has 0 aliphatic carbocycles. The van der Waals surface area contributed by atoms with E-state index < -0.39 is 21.8 Å². The molecule has 2 saturated heterocycles. The van der Waals surface area contributed by atoms with Gasteiger partial charge in [0.2, 0.25) is 0 Å². The van der Waals surface area contributed by atoms with E-state index in [4.69, 9.17) is 0 Å². The molecular formula is C24H27N3O4S. The molecule has 2 aliphatic heterocycles. The SMILES string of the molecule is O=C(O)[C@@H](c1c(-c2ccccc2)[nH]c2ccccc12)N1CCN([C@H]2CCS(=O)(=O)C2)CC1. The first kappa shape index (κ1) is 21.2. The molecule has 0 bridgehead atoms. The van der Waals surface area contributed by atoms with Crippen molar-refractivity contribution >= 4 is 26.7 Å². The van der Waals surface area contributed by atoms with Crippen molar-refractivity contribution in [3.63, 3.8) is 0 Å². The third-order valence-electron chi connectivity index (χ3n) is 6.75. The lowest BCUT2D eigenvalue weighted by Gasteiger charge is -2.40. The van der Waals surface area contributed by atoms with E-state index in [9.17, 15) is 18.3 Å². The summed E-state index contributed by atoms with van der Waals surface area (Å²) >= 11 is 0. The van der Waals surface area contributed by atoms with Crippen molar-refractivity contribution in [3.8, 4) is 11.3 Å². The molecule has 5 rings (SSSR count). The normalized spacial score (nSPS) is 22.8. The minimum atomic E-state index is -2.94. The van der Waals surface area contributed by atoms with Gasteiger partial charge in [-0.2, -0.15) is 0 Å². The number of fused-ring (bicyclic) bond motifs is 1. The molecule has 168 valence electrons. The van der Waals surface area contributed by atoms with Crippen LogP contribution in [0.1, 0.15) is 18.0 Å². The van der Waals surface area contributed by atoms with E-state index in [1.165, 1.54) is 0 Å². The summed E-state index contributed by atoms with van der Waals surface area (Å²) in [6, 6.07) is 16.9. The second-order valence-electron chi connectivity index (χ2n) is 8.69. The highest BCUT2D eigenvalue weighted by atomic mass is 32.2. The van der Waals surface area contributed by atoms with Gasteiger partial charge in [0.25, 0.3) is 0 Å². The molecule has 0 spiro atoms. The highest BCUT2D eigenvalue weighted by Crippen LogP contribution is 2.38. The van der Waals surface area contributed by atoms with Crippen molar-refractivity contribution in [2.24, 2.45) is 0 Å². The number of nitrogens with one attached hydrogen (secondary N) is 1. The molecule has 3 aromatic rings. The number of benzene rings is 2. The smallest absolute Gasteiger partial charge is 0.325 e. The monoisotopic (exact) mass is 453 g/mol.